The van der Waals surface area contributed by atoms with E-state index in [-0.39, 0.29) is 5.91 Å². The van der Waals surface area contributed by atoms with Crippen LogP contribution >= 0.6 is 35.2 Å². The molecule has 3 rings (SSSR count). The highest BCUT2D eigenvalue weighted by atomic mass is 35.5. The first-order chi connectivity index (χ1) is 11.1. The van der Waals surface area contributed by atoms with E-state index >= 15 is 0 Å². The van der Waals surface area contributed by atoms with E-state index in [1.165, 1.54) is 11.3 Å². The number of benzene rings is 1. The van der Waals surface area contributed by atoms with E-state index in [2.05, 4.69) is 15.5 Å². The van der Waals surface area contributed by atoms with Gasteiger partial charge in [-0.15, -0.1) is 11.3 Å². The molecule has 0 saturated heterocycles. The molecule has 2 N–H and O–H groups in total. The monoisotopic (exact) mass is 364 g/mol. The SMILES string of the molecule is CC(C(=O)Nc1cccc(Cl)c1)n1c(-c2cccs2)n[nH]c1=S. The molecule has 0 spiro atoms. The smallest absolute Gasteiger partial charge is 0.247 e. The van der Waals surface area contributed by atoms with Crippen molar-refractivity contribution in [3.8, 4) is 10.7 Å². The largest absolute Gasteiger partial charge is 0.324 e. The average Bonchev–Trinajstić information content (AvgIpc) is 3.15. The fraction of sp³-hybridized carbons (Fsp3) is 0.133. The fourth-order valence-electron chi connectivity index (χ4n) is 2.17. The fourth-order valence-corrected chi connectivity index (χ4v) is 3.36. The van der Waals surface area contributed by atoms with E-state index in [1.807, 2.05) is 17.5 Å². The van der Waals surface area contributed by atoms with Crippen molar-refractivity contribution in [2.45, 2.75) is 13.0 Å². The number of aromatic nitrogens is 3. The van der Waals surface area contributed by atoms with Crippen LogP contribution in [0.5, 0.6) is 0 Å². The van der Waals surface area contributed by atoms with Gasteiger partial charge < -0.3 is 5.32 Å². The molecule has 118 valence electrons. The topological polar surface area (TPSA) is 62.7 Å². The van der Waals surface area contributed by atoms with Crippen molar-refractivity contribution in [3.05, 3.63) is 51.6 Å². The van der Waals surface area contributed by atoms with Crippen molar-refractivity contribution in [2.24, 2.45) is 0 Å². The van der Waals surface area contributed by atoms with Crippen LogP contribution in [0.1, 0.15) is 13.0 Å². The predicted octanol–water partition coefficient (Wildman–Crippen LogP) is 4.52. The van der Waals surface area contributed by atoms with Crippen molar-refractivity contribution in [3.63, 3.8) is 0 Å². The molecule has 0 aliphatic carbocycles. The number of hydrogen-bond acceptors (Lipinski definition) is 4. The van der Waals surface area contributed by atoms with Crippen LogP contribution in [0.3, 0.4) is 0 Å². The Morgan fingerprint density at radius 2 is 2.26 bits per heavy atom. The average molecular weight is 365 g/mol. The first-order valence-corrected chi connectivity index (χ1v) is 8.50. The second-order valence-electron chi connectivity index (χ2n) is 4.88. The lowest BCUT2D eigenvalue weighted by Crippen LogP contribution is -2.24. The first kappa shape index (κ1) is 15.9. The Morgan fingerprint density at radius 3 is 2.96 bits per heavy atom. The lowest BCUT2D eigenvalue weighted by atomic mass is 10.2. The molecule has 1 unspecified atom stereocenters. The van der Waals surface area contributed by atoms with E-state index in [0.717, 1.165) is 4.88 Å². The number of anilines is 1. The van der Waals surface area contributed by atoms with Gasteiger partial charge in [0.25, 0.3) is 0 Å². The summed E-state index contributed by atoms with van der Waals surface area (Å²) >= 11 is 12.8. The highest BCUT2D eigenvalue weighted by Gasteiger charge is 2.21. The van der Waals surface area contributed by atoms with Crippen LogP contribution in [0.4, 0.5) is 5.69 Å². The maximum Gasteiger partial charge on any atom is 0.247 e. The van der Waals surface area contributed by atoms with Gasteiger partial charge in [-0.25, -0.2) is 0 Å². The third-order valence-electron chi connectivity index (χ3n) is 3.30. The van der Waals surface area contributed by atoms with Crippen LogP contribution < -0.4 is 5.32 Å². The molecule has 0 fully saturated rings. The number of hydrogen-bond donors (Lipinski definition) is 2. The highest BCUT2D eigenvalue weighted by molar-refractivity contribution is 7.71. The summed E-state index contributed by atoms with van der Waals surface area (Å²) < 4.78 is 2.11. The molecule has 1 aromatic carbocycles. The zero-order valence-electron chi connectivity index (χ0n) is 12.1. The zero-order chi connectivity index (χ0) is 16.4. The molecule has 23 heavy (non-hydrogen) atoms. The molecule has 2 aromatic heterocycles. The molecule has 2 heterocycles. The summed E-state index contributed by atoms with van der Waals surface area (Å²) in [5.74, 6) is 0.460. The predicted molar refractivity (Wildman–Crippen MR) is 95.5 cm³/mol. The van der Waals surface area contributed by atoms with E-state index in [4.69, 9.17) is 23.8 Å². The van der Waals surface area contributed by atoms with E-state index < -0.39 is 6.04 Å². The Labute approximate surface area is 146 Å². The molecule has 0 aliphatic rings. The van der Waals surface area contributed by atoms with Gasteiger partial charge in [0.2, 0.25) is 5.91 Å². The normalized spacial score (nSPS) is 12.1. The number of carbonyl (C=O) groups is 1. The summed E-state index contributed by atoms with van der Waals surface area (Å²) in [6.07, 6.45) is 0. The van der Waals surface area contributed by atoms with E-state index in [9.17, 15) is 4.79 Å². The van der Waals surface area contributed by atoms with Crippen molar-refractivity contribution in [2.75, 3.05) is 5.32 Å². The van der Waals surface area contributed by atoms with Gasteiger partial charge in [0.15, 0.2) is 10.6 Å². The highest BCUT2D eigenvalue weighted by Crippen LogP contribution is 2.26. The summed E-state index contributed by atoms with van der Waals surface area (Å²) in [6, 6.07) is 10.4. The van der Waals surface area contributed by atoms with Crippen molar-refractivity contribution < 1.29 is 4.79 Å². The quantitative estimate of drug-likeness (QED) is 0.669. The summed E-state index contributed by atoms with van der Waals surface area (Å²) in [7, 11) is 0. The Bertz CT molecular complexity index is 885. The van der Waals surface area contributed by atoms with E-state index in [1.54, 1.807) is 35.8 Å². The number of carbonyl (C=O) groups excluding carboxylic acids is 1. The molecule has 0 aliphatic heterocycles. The zero-order valence-corrected chi connectivity index (χ0v) is 14.5. The first-order valence-electron chi connectivity index (χ1n) is 6.83. The second kappa shape index (κ2) is 6.66. The number of thiophene rings is 1. The van der Waals surface area contributed by atoms with E-state index in [0.29, 0.717) is 21.3 Å². The number of rotatable bonds is 4. The number of aromatic amines is 1. The van der Waals surface area contributed by atoms with Crippen LogP contribution in [-0.4, -0.2) is 20.7 Å². The molecule has 0 bridgehead atoms. The molecule has 0 saturated carbocycles. The van der Waals surface area contributed by atoms with Crippen LogP contribution in [0, 0.1) is 4.77 Å². The van der Waals surface area contributed by atoms with Gasteiger partial charge in [0.05, 0.1) is 4.88 Å². The third-order valence-corrected chi connectivity index (χ3v) is 4.69. The minimum Gasteiger partial charge on any atom is -0.324 e. The molecule has 1 amide bonds. The maximum absolute atomic E-state index is 12.5. The maximum atomic E-state index is 12.5. The van der Waals surface area contributed by atoms with Crippen molar-refractivity contribution in [1.82, 2.24) is 14.8 Å². The van der Waals surface area contributed by atoms with Crippen LogP contribution in [0.2, 0.25) is 5.02 Å². The van der Waals surface area contributed by atoms with Gasteiger partial charge in [-0.05, 0) is 48.8 Å². The molecule has 3 aromatic rings. The molecule has 1 atom stereocenters. The van der Waals surface area contributed by atoms with Crippen LogP contribution in [0.25, 0.3) is 10.7 Å². The molecular weight excluding hydrogens is 352 g/mol. The van der Waals surface area contributed by atoms with Gasteiger partial charge in [0, 0.05) is 10.7 Å². The van der Waals surface area contributed by atoms with Crippen LogP contribution in [-0.2, 0) is 4.79 Å². The van der Waals surface area contributed by atoms with Gasteiger partial charge >= 0.3 is 0 Å². The number of H-pyrrole nitrogens is 1. The summed E-state index contributed by atoms with van der Waals surface area (Å²) in [4.78, 5) is 13.5. The van der Waals surface area contributed by atoms with Gasteiger partial charge in [-0.2, -0.15) is 5.10 Å². The number of halogens is 1. The minimum atomic E-state index is -0.516. The summed E-state index contributed by atoms with van der Waals surface area (Å²) in [5.41, 5.74) is 0.641. The summed E-state index contributed by atoms with van der Waals surface area (Å²) in [5, 5.41) is 12.4. The third kappa shape index (κ3) is 3.36. The number of amides is 1. The lowest BCUT2D eigenvalue weighted by molar-refractivity contribution is -0.118. The second-order valence-corrected chi connectivity index (χ2v) is 6.65. The van der Waals surface area contributed by atoms with Crippen molar-refractivity contribution in [1.29, 1.82) is 0 Å². The number of nitrogens with zero attached hydrogens (tertiary/aromatic N) is 2. The Hall–Kier alpha value is -1.96. The molecule has 8 heteroatoms. The Morgan fingerprint density at radius 1 is 1.43 bits per heavy atom. The Balaban J connectivity index is 1.89. The minimum absolute atomic E-state index is 0.192. The Kier molecular flexibility index (Phi) is 4.61. The number of nitrogens with one attached hydrogen (secondary N) is 2. The molecule has 5 nitrogen and oxygen atoms in total. The standard InChI is InChI=1S/C15H13ClN4OS2/c1-9(14(21)17-11-5-2-4-10(16)8-11)20-13(18-19-15(20)22)12-6-3-7-23-12/h2-9H,1H3,(H,17,21)(H,19,22). The summed E-state index contributed by atoms with van der Waals surface area (Å²) in [6.45, 7) is 1.78. The van der Waals surface area contributed by atoms with Gasteiger partial charge in [-0.3, -0.25) is 14.5 Å². The molecular formula is C15H13ClN4OS2. The van der Waals surface area contributed by atoms with Gasteiger partial charge in [0.1, 0.15) is 6.04 Å². The molecule has 0 radical (unpaired) electrons. The van der Waals surface area contributed by atoms with Gasteiger partial charge in [-0.1, -0.05) is 23.7 Å². The van der Waals surface area contributed by atoms with Crippen molar-refractivity contribution >= 4 is 46.8 Å². The lowest BCUT2D eigenvalue weighted by Gasteiger charge is -2.15. The van der Waals surface area contributed by atoms with Crippen LogP contribution in [0.15, 0.2) is 41.8 Å².